The van der Waals surface area contributed by atoms with E-state index < -0.39 is 0 Å². The van der Waals surface area contributed by atoms with E-state index in [9.17, 15) is 0 Å². The molecule has 0 saturated heterocycles. The molecule has 1 aromatic rings. The van der Waals surface area contributed by atoms with Crippen molar-refractivity contribution in [2.45, 2.75) is 13.0 Å². The van der Waals surface area contributed by atoms with Crippen molar-refractivity contribution in [2.24, 2.45) is 5.73 Å². The Bertz CT molecular complexity index is 193. The van der Waals surface area contributed by atoms with Gasteiger partial charge in [0, 0.05) is 0 Å². The SMILES string of the molecule is C[C@@H](N)c1occc1N. The lowest BCUT2D eigenvalue weighted by Gasteiger charge is -1.99. The summed E-state index contributed by atoms with van der Waals surface area (Å²) in [5.74, 6) is 0.662. The number of nitrogens with two attached hydrogens (primary N) is 2. The zero-order valence-electron chi connectivity index (χ0n) is 5.29. The van der Waals surface area contributed by atoms with Gasteiger partial charge in [0.25, 0.3) is 0 Å². The number of furan rings is 1. The van der Waals surface area contributed by atoms with Gasteiger partial charge in [0.1, 0.15) is 5.76 Å². The van der Waals surface area contributed by atoms with E-state index in [0.717, 1.165) is 0 Å². The Kier molecular flexibility index (Phi) is 1.44. The summed E-state index contributed by atoms with van der Waals surface area (Å²) in [4.78, 5) is 0. The van der Waals surface area contributed by atoms with Crippen LogP contribution in [0.4, 0.5) is 5.69 Å². The van der Waals surface area contributed by atoms with Crippen LogP contribution in [0.25, 0.3) is 0 Å². The molecular weight excluding hydrogens is 116 g/mol. The molecule has 0 aliphatic rings. The molecule has 0 spiro atoms. The molecular formula is C6H10N2O. The van der Waals surface area contributed by atoms with Crippen molar-refractivity contribution in [2.75, 3.05) is 5.73 Å². The second kappa shape index (κ2) is 2.11. The van der Waals surface area contributed by atoms with Crippen molar-refractivity contribution in [3.63, 3.8) is 0 Å². The molecule has 50 valence electrons. The third-order valence-corrected chi connectivity index (χ3v) is 1.14. The smallest absolute Gasteiger partial charge is 0.142 e. The lowest BCUT2D eigenvalue weighted by atomic mass is 10.2. The van der Waals surface area contributed by atoms with E-state index in [2.05, 4.69) is 0 Å². The number of rotatable bonds is 1. The molecule has 0 radical (unpaired) electrons. The molecule has 0 aliphatic carbocycles. The first-order valence-corrected chi connectivity index (χ1v) is 2.80. The van der Waals surface area contributed by atoms with Crippen molar-refractivity contribution in [3.05, 3.63) is 18.1 Å². The maximum absolute atomic E-state index is 5.49. The van der Waals surface area contributed by atoms with Gasteiger partial charge in [-0.25, -0.2) is 0 Å². The minimum atomic E-state index is -0.111. The van der Waals surface area contributed by atoms with E-state index in [1.54, 1.807) is 6.07 Å². The van der Waals surface area contributed by atoms with E-state index >= 15 is 0 Å². The van der Waals surface area contributed by atoms with Gasteiger partial charge in [-0.3, -0.25) is 0 Å². The summed E-state index contributed by atoms with van der Waals surface area (Å²) >= 11 is 0. The highest BCUT2D eigenvalue weighted by atomic mass is 16.3. The third-order valence-electron chi connectivity index (χ3n) is 1.14. The maximum atomic E-state index is 5.49. The molecule has 0 aliphatic heterocycles. The largest absolute Gasteiger partial charge is 0.465 e. The Balaban J connectivity index is 2.94. The highest BCUT2D eigenvalue weighted by molar-refractivity contribution is 5.41. The number of nitrogen functional groups attached to an aromatic ring is 1. The van der Waals surface area contributed by atoms with Crippen molar-refractivity contribution in [1.82, 2.24) is 0 Å². The van der Waals surface area contributed by atoms with Gasteiger partial charge in [-0.05, 0) is 13.0 Å². The highest BCUT2D eigenvalue weighted by Gasteiger charge is 2.05. The molecule has 0 fully saturated rings. The van der Waals surface area contributed by atoms with Crippen LogP contribution in [-0.4, -0.2) is 0 Å². The number of hydrogen-bond donors (Lipinski definition) is 2. The zero-order chi connectivity index (χ0) is 6.85. The molecule has 0 amide bonds. The Morgan fingerprint density at radius 1 is 1.67 bits per heavy atom. The van der Waals surface area contributed by atoms with Crippen LogP contribution >= 0.6 is 0 Å². The van der Waals surface area contributed by atoms with E-state index in [4.69, 9.17) is 15.9 Å². The summed E-state index contributed by atoms with van der Waals surface area (Å²) < 4.78 is 4.98. The van der Waals surface area contributed by atoms with Crippen molar-refractivity contribution < 1.29 is 4.42 Å². The molecule has 1 rings (SSSR count). The van der Waals surface area contributed by atoms with E-state index in [-0.39, 0.29) is 6.04 Å². The van der Waals surface area contributed by atoms with Crippen molar-refractivity contribution >= 4 is 5.69 Å². The fraction of sp³-hybridized carbons (Fsp3) is 0.333. The normalized spacial score (nSPS) is 13.6. The number of hydrogen-bond acceptors (Lipinski definition) is 3. The molecule has 3 nitrogen and oxygen atoms in total. The van der Waals surface area contributed by atoms with Crippen LogP contribution in [0.3, 0.4) is 0 Å². The van der Waals surface area contributed by atoms with Crippen LogP contribution in [0.2, 0.25) is 0 Å². The van der Waals surface area contributed by atoms with Gasteiger partial charge in [0.15, 0.2) is 0 Å². The molecule has 0 saturated carbocycles. The second-order valence-corrected chi connectivity index (χ2v) is 2.03. The molecule has 0 unspecified atom stereocenters. The van der Waals surface area contributed by atoms with Crippen LogP contribution in [0.1, 0.15) is 18.7 Å². The van der Waals surface area contributed by atoms with Gasteiger partial charge >= 0.3 is 0 Å². The van der Waals surface area contributed by atoms with E-state index in [0.29, 0.717) is 11.4 Å². The van der Waals surface area contributed by atoms with Gasteiger partial charge in [-0.1, -0.05) is 0 Å². The second-order valence-electron chi connectivity index (χ2n) is 2.03. The minimum Gasteiger partial charge on any atom is -0.465 e. The first-order valence-electron chi connectivity index (χ1n) is 2.80. The summed E-state index contributed by atoms with van der Waals surface area (Å²) in [6, 6.07) is 1.58. The van der Waals surface area contributed by atoms with Crippen LogP contribution in [0, 0.1) is 0 Å². The van der Waals surface area contributed by atoms with Gasteiger partial charge in [-0.15, -0.1) is 0 Å². The quantitative estimate of drug-likeness (QED) is 0.587. The van der Waals surface area contributed by atoms with Crippen LogP contribution in [-0.2, 0) is 0 Å². The van der Waals surface area contributed by atoms with Crippen LogP contribution < -0.4 is 11.5 Å². The van der Waals surface area contributed by atoms with Crippen molar-refractivity contribution in [3.8, 4) is 0 Å². The Labute approximate surface area is 53.6 Å². The molecule has 1 atom stereocenters. The maximum Gasteiger partial charge on any atom is 0.142 e. The van der Waals surface area contributed by atoms with E-state index in [1.807, 2.05) is 6.92 Å². The predicted molar refractivity (Wildman–Crippen MR) is 35.7 cm³/mol. The summed E-state index contributed by atoms with van der Waals surface area (Å²) in [5, 5.41) is 0. The fourth-order valence-corrected chi connectivity index (χ4v) is 0.701. The highest BCUT2D eigenvalue weighted by Crippen LogP contribution is 2.17. The lowest BCUT2D eigenvalue weighted by molar-refractivity contribution is 0.482. The predicted octanol–water partition coefficient (Wildman–Crippen LogP) is 0.882. The van der Waals surface area contributed by atoms with Gasteiger partial charge < -0.3 is 15.9 Å². The summed E-state index contributed by atoms with van der Waals surface area (Å²) in [6.07, 6.45) is 1.54. The molecule has 4 N–H and O–H groups in total. The van der Waals surface area contributed by atoms with E-state index in [1.165, 1.54) is 6.26 Å². The third kappa shape index (κ3) is 1.05. The average molecular weight is 126 g/mol. The van der Waals surface area contributed by atoms with Gasteiger partial charge in [0.05, 0.1) is 18.0 Å². The first kappa shape index (κ1) is 6.16. The number of anilines is 1. The first-order chi connectivity index (χ1) is 4.22. The lowest BCUT2D eigenvalue weighted by Crippen LogP contribution is -2.05. The Morgan fingerprint density at radius 3 is 2.56 bits per heavy atom. The molecule has 0 bridgehead atoms. The van der Waals surface area contributed by atoms with Crippen LogP contribution in [0.5, 0.6) is 0 Å². The van der Waals surface area contributed by atoms with Gasteiger partial charge in [-0.2, -0.15) is 0 Å². The van der Waals surface area contributed by atoms with Crippen LogP contribution in [0.15, 0.2) is 16.7 Å². The fourth-order valence-electron chi connectivity index (χ4n) is 0.701. The minimum absolute atomic E-state index is 0.111. The monoisotopic (exact) mass is 126 g/mol. The summed E-state index contributed by atoms with van der Waals surface area (Å²) in [5.41, 5.74) is 11.6. The average Bonchev–Trinajstić information content (AvgIpc) is 2.13. The summed E-state index contributed by atoms with van der Waals surface area (Å²) in [7, 11) is 0. The topological polar surface area (TPSA) is 65.2 Å². The summed E-state index contributed by atoms with van der Waals surface area (Å²) in [6.45, 7) is 1.83. The molecule has 1 aromatic heterocycles. The van der Waals surface area contributed by atoms with Crippen molar-refractivity contribution in [1.29, 1.82) is 0 Å². The van der Waals surface area contributed by atoms with Gasteiger partial charge in [0.2, 0.25) is 0 Å². The molecule has 1 heterocycles. The standard InChI is InChI=1S/C6H10N2O/c1-4(7)6-5(8)2-3-9-6/h2-4H,7-8H2,1H3/t4-/m1/s1. The zero-order valence-corrected chi connectivity index (χ0v) is 5.29. The molecule has 3 heteroatoms. The molecule has 0 aromatic carbocycles. The Hall–Kier alpha value is -0.960. The Morgan fingerprint density at radius 2 is 2.33 bits per heavy atom. The molecule has 9 heavy (non-hydrogen) atoms.